The Morgan fingerprint density at radius 2 is 1.72 bits per heavy atom. The van der Waals surface area contributed by atoms with Crippen molar-refractivity contribution >= 4 is 23.5 Å². The van der Waals surface area contributed by atoms with E-state index in [1.807, 2.05) is 30.3 Å². The number of amides is 2. The highest BCUT2D eigenvalue weighted by Crippen LogP contribution is 2.13. The standard InChI is InChI=1S/C23H27N5O4/c24-28-27-19-14-12-18(13-15-19)22(30)26-20(23(31)32)10-4-5-16-25-21(29)11-6-9-17-7-2-1-3-8-17/h1-3,7-8,12-15,20H,4-6,9-11,16H2,(H,25,29)(H,26,30)(H,31,32)/t20-/m0/s1. The van der Waals surface area contributed by atoms with E-state index in [-0.39, 0.29) is 17.9 Å². The van der Waals surface area contributed by atoms with Crippen molar-refractivity contribution in [3.05, 3.63) is 76.2 Å². The van der Waals surface area contributed by atoms with Crippen LogP contribution in [0.1, 0.15) is 48.0 Å². The molecule has 2 rings (SSSR count). The smallest absolute Gasteiger partial charge is 0.326 e. The van der Waals surface area contributed by atoms with Gasteiger partial charge in [0.15, 0.2) is 0 Å². The van der Waals surface area contributed by atoms with Crippen LogP contribution in [0.3, 0.4) is 0 Å². The quantitative estimate of drug-likeness (QED) is 0.187. The first-order valence-electron chi connectivity index (χ1n) is 10.5. The van der Waals surface area contributed by atoms with Crippen molar-refractivity contribution in [2.75, 3.05) is 6.54 Å². The number of aryl methyl sites for hydroxylation is 1. The van der Waals surface area contributed by atoms with Crippen LogP contribution in [0.15, 0.2) is 59.7 Å². The normalized spacial score (nSPS) is 11.1. The molecule has 0 bridgehead atoms. The Balaban J connectivity index is 1.65. The van der Waals surface area contributed by atoms with Gasteiger partial charge in [0.1, 0.15) is 6.04 Å². The number of carboxylic acids is 1. The van der Waals surface area contributed by atoms with E-state index in [9.17, 15) is 19.5 Å². The third-order valence-electron chi connectivity index (χ3n) is 4.85. The number of carboxylic acid groups (broad SMARTS) is 1. The molecular formula is C23H27N5O4. The average molecular weight is 438 g/mol. The van der Waals surface area contributed by atoms with Gasteiger partial charge in [-0.05, 0) is 55.3 Å². The molecule has 168 valence electrons. The lowest BCUT2D eigenvalue weighted by Crippen LogP contribution is -2.40. The van der Waals surface area contributed by atoms with Crippen LogP contribution in [0.4, 0.5) is 5.69 Å². The van der Waals surface area contributed by atoms with Gasteiger partial charge in [-0.1, -0.05) is 47.6 Å². The SMILES string of the molecule is [N-]=[N+]=Nc1ccc(C(=O)N[C@@H](CCCCNC(=O)CCCc2ccccc2)C(=O)O)cc1. The summed E-state index contributed by atoms with van der Waals surface area (Å²) >= 11 is 0. The molecule has 0 aliphatic rings. The number of benzene rings is 2. The highest BCUT2D eigenvalue weighted by Gasteiger charge is 2.20. The summed E-state index contributed by atoms with van der Waals surface area (Å²) in [7, 11) is 0. The van der Waals surface area contributed by atoms with E-state index in [0.717, 1.165) is 12.8 Å². The van der Waals surface area contributed by atoms with Crippen LogP contribution in [-0.4, -0.2) is 35.5 Å². The Morgan fingerprint density at radius 1 is 1.00 bits per heavy atom. The lowest BCUT2D eigenvalue weighted by Gasteiger charge is -2.14. The number of hydrogen-bond acceptors (Lipinski definition) is 4. The molecule has 2 amide bonds. The molecule has 0 aliphatic carbocycles. The maximum Gasteiger partial charge on any atom is 0.326 e. The lowest BCUT2D eigenvalue weighted by molar-refractivity contribution is -0.139. The van der Waals surface area contributed by atoms with Gasteiger partial charge in [0.2, 0.25) is 5.91 Å². The number of rotatable bonds is 13. The van der Waals surface area contributed by atoms with Gasteiger partial charge in [-0.25, -0.2) is 4.79 Å². The van der Waals surface area contributed by atoms with Crippen LogP contribution >= 0.6 is 0 Å². The number of unbranched alkanes of at least 4 members (excludes halogenated alkanes) is 1. The van der Waals surface area contributed by atoms with E-state index < -0.39 is 17.9 Å². The van der Waals surface area contributed by atoms with Gasteiger partial charge in [0, 0.05) is 29.1 Å². The van der Waals surface area contributed by atoms with Gasteiger partial charge in [0.05, 0.1) is 0 Å². The van der Waals surface area contributed by atoms with Gasteiger partial charge in [-0.15, -0.1) is 0 Å². The van der Waals surface area contributed by atoms with Crippen molar-refractivity contribution in [1.29, 1.82) is 0 Å². The zero-order valence-electron chi connectivity index (χ0n) is 17.7. The summed E-state index contributed by atoms with van der Waals surface area (Å²) in [5.74, 6) is -1.65. The first-order chi connectivity index (χ1) is 15.5. The number of nitrogens with one attached hydrogen (secondary N) is 2. The van der Waals surface area contributed by atoms with Crippen LogP contribution in [-0.2, 0) is 16.0 Å². The molecule has 0 fully saturated rings. The van der Waals surface area contributed by atoms with Gasteiger partial charge in [-0.2, -0.15) is 0 Å². The van der Waals surface area contributed by atoms with Gasteiger partial charge < -0.3 is 15.7 Å². The maximum absolute atomic E-state index is 12.3. The third kappa shape index (κ3) is 8.89. The molecule has 0 saturated carbocycles. The number of aliphatic carboxylic acids is 1. The Hall–Kier alpha value is -3.84. The minimum absolute atomic E-state index is 0.0202. The van der Waals surface area contributed by atoms with E-state index in [0.29, 0.717) is 31.5 Å². The van der Waals surface area contributed by atoms with Crippen LogP contribution in [0.2, 0.25) is 0 Å². The number of nitrogens with zero attached hydrogens (tertiary/aromatic N) is 3. The van der Waals surface area contributed by atoms with E-state index >= 15 is 0 Å². The van der Waals surface area contributed by atoms with Crippen molar-refractivity contribution < 1.29 is 19.5 Å². The van der Waals surface area contributed by atoms with Crippen molar-refractivity contribution in [1.82, 2.24) is 10.6 Å². The Bertz CT molecular complexity index is 941. The second kappa shape index (κ2) is 13.5. The zero-order chi connectivity index (χ0) is 23.2. The van der Waals surface area contributed by atoms with Crippen LogP contribution in [0, 0.1) is 0 Å². The summed E-state index contributed by atoms with van der Waals surface area (Å²) in [6.07, 6.45) is 3.47. The third-order valence-corrected chi connectivity index (χ3v) is 4.85. The van der Waals surface area contributed by atoms with Crippen LogP contribution < -0.4 is 10.6 Å². The predicted molar refractivity (Wildman–Crippen MR) is 120 cm³/mol. The highest BCUT2D eigenvalue weighted by molar-refractivity contribution is 5.96. The molecule has 0 aliphatic heterocycles. The van der Waals surface area contributed by atoms with Gasteiger partial charge in [-0.3, -0.25) is 9.59 Å². The van der Waals surface area contributed by atoms with Crippen molar-refractivity contribution in [3.63, 3.8) is 0 Å². The summed E-state index contributed by atoms with van der Waals surface area (Å²) in [5.41, 5.74) is 10.2. The maximum atomic E-state index is 12.3. The molecule has 9 heteroatoms. The van der Waals surface area contributed by atoms with Gasteiger partial charge >= 0.3 is 5.97 Å². The van der Waals surface area contributed by atoms with Crippen molar-refractivity contribution in [2.45, 2.75) is 44.6 Å². The molecule has 3 N–H and O–H groups in total. The number of carbonyl (C=O) groups is 3. The number of hydrogen-bond donors (Lipinski definition) is 3. The molecule has 2 aromatic carbocycles. The molecule has 2 aromatic rings. The fraction of sp³-hybridized carbons (Fsp3) is 0.348. The Morgan fingerprint density at radius 3 is 2.38 bits per heavy atom. The number of azide groups is 1. The monoisotopic (exact) mass is 437 g/mol. The molecule has 0 aromatic heterocycles. The van der Waals surface area contributed by atoms with Crippen molar-refractivity contribution in [3.8, 4) is 0 Å². The van der Waals surface area contributed by atoms with Crippen LogP contribution in [0.25, 0.3) is 10.4 Å². The summed E-state index contributed by atoms with van der Waals surface area (Å²) in [6.45, 7) is 0.464. The lowest BCUT2D eigenvalue weighted by atomic mass is 10.1. The first-order valence-corrected chi connectivity index (χ1v) is 10.5. The summed E-state index contributed by atoms with van der Waals surface area (Å²) in [6, 6.07) is 14.8. The first kappa shape index (κ1) is 24.4. The molecule has 0 heterocycles. The summed E-state index contributed by atoms with van der Waals surface area (Å²) < 4.78 is 0. The molecule has 9 nitrogen and oxygen atoms in total. The largest absolute Gasteiger partial charge is 0.480 e. The molecule has 0 spiro atoms. The molecule has 0 unspecified atom stereocenters. The van der Waals surface area contributed by atoms with E-state index in [4.69, 9.17) is 5.53 Å². The highest BCUT2D eigenvalue weighted by atomic mass is 16.4. The fourth-order valence-electron chi connectivity index (χ4n) is 3.12. The fourth-order valence-corrected chi connectivity index (χ4v) is 3.12. The zero-order valence-corrected chi connectivity index (χ0v) is 17.7. The van der Waals surface area contributed by atoms with E-state index in [2.05, 4.69) is 20.7 Å². The second-order valence-electron chi connectivity index (χ2n) is 7.29. The molecule has 1 atom stereocenters. The molecule has 0 saturated heterocycles. The van der Waals surface area contributed by atoms with Crippen molar-refractivity contribution in [2.24, 2.45) is 5.11 Å². The molecule has 32 heavy (non-hydrogen) atoms. The van der Waals surface area contributed by atoms with E-state index in [1.165, 1.54) is 29.8 Å². The van der Waals surface area contributed by atoms with E-state index in [1.54, 1.807) is 0 Å². The second-order valence-corrected chi connectivity index (χ2v) is 7.29. The summed E-state index contributed by atoms with van der Waals surface area (Å²) in [4.78, 5) is 38.3. The average Bonchev–Trinajstić information content (AvgIpc) is 2.79. The Labute approximate surface area is 186 Å². The minimum Gasteiger partial charge on any atom is -0.480 e. The van der Waals surface area contributed by atoms with Crippen LogP contribution in [0.5, 0.6) is 0 Å². The summed E-state index contributed by atoms with van der Waals surface area (Å²) in [5, 5.41) is 18.1. The van der Waals surface area contributed by atoms with Gasteiger partial charge in [0.25, 0.3) is 5.91 Å². The minimum atomic E-state index is -1.12. The number of carbonyl (C=O) groups excluding carboxylic acids is 2. The topological polar surface area (TPSA) is 144 Å². The Kier molecular flexibility index (Phi) is 10.3. The molecule has 0 radical (unpaired) electrons. The predicted octanol–water partition coefficient (Wildman–Crippen LogP) is 4.12. The molecular weight excluding hydrogens is 410 g/mol.